The second-order valence-electron chi connectivity index (χ2n) is 5.59. The van der Waals surface area contributed by atoms with Crippen molar-refractivity contribution in [3.05, 3.63) is 46.3 Å². The highest BCUT2D eigenvalue weighted by Gasteiger charge is 2.22. The first kappa shape index (κ1) is 14.8. The lowest BCUT2D eigenvalue weighted by molar-refractivity contribution is -0.137. The van der Waals surface area contributed by atoms with Gasteiger partial charge in [0.2, 0.25) is 0 Å². The Morgan fingerprint density at radius 2 is 2.00 bits per heavy atom. The molecule has 1 aliphatic carbocycles. The van der Waals surface area contributed by atoms with Crippen LogP contribution in [0.15, 0.2) is 30.3 Å². The van der Waals surface area contributed by atoms with E-state index in [2.05, 4.69) is 17.4 Å². The normalized spacial score (nSPS) is 13.9. The van der Waals surface area contributed by atoms with Crippen molar-refractivity contribution in [1.82, 2.24) is 5.32 Å². The van der Waals surface area contributed by atoms with Crippen LogP contribution in [0.4, 0.5) is 0 Å². The number of aryl methyl sites for hydroxylation is 2. The average Bonchev–Trinajstić information content (AvgIpc) is 2.91. The second-order valence-corrected chi connectivity index (χ2v) is 6.65. The summed E-state index contributed by atoms with van der Waals surface area (Å²) in [5.41, 5.74) is 3.74. The number of nitrogens with one attached hydrogen (secondary N) is 1. The van der Waals surface area contributed by atoms with E-state index in [0.717, 1.165) is 17.7 Å². The molecule has 0 spiro atoms. The van der Waals surface area contributed by atoms with Crippen LogP contribution in [0, 0.1) is 0 Å². The van der Waals surface area contributed by atoms with Crippen molar-refractivity contribution in [2.75, 3.05) is 0 Å². The number of carboxylic acid groups (broad SMARTS) is 1. The SMILES string of the molecule is CC(CC(=O)O)NC(=O)c1cc2c(s1)-c1ccccc1CC2. The molecule has 114 valence electrons. The van der Waals surface area contributed by atoms with Crippen LogP contribution in [0.1, 0.15) is 34.1 Å². The van der Waals surface area contributed by atoms with Crippen molar-refractivity contribution in [2.24, 2.45) is 0 Å². The first-order chi connectivity index (χ1) is 10.5. The van der Waals surface area contributed by atoms with E-state index >= 15 is 0 Å². The summed E-state index contributed by atoms with van der Waals surface area (Å²) in [5, 5.41) is 11.5. The summed E-state index contributed by atoms with van der Waals surface area (Å²) in [7, 11) is 0. The molecule has 1 heterocycles. The molecule has 2 N–H and O–H groups in total. The molecule has 4 nitrogen and oxygen atoms in total. The maximum atomic E-state index is 12.3. The number of carbonyl (C=O) groups is 2. The summed E-state index contributed by atoms with van der Waals surface area (Å²) < 4.78 is 0. The monoisotopic (exact) mass is 315 g/mol. The van der Waals surface area contributed by atoms with Gasteiger partial charge in [-0.15, -0.1) is 11.3 Å². The molecule has 1 atom stereocenters. The average molecular weight is 315 g/mol. The molecule has 0 saturated carbocycles. The van der Waals surface area contributed by atoms with Gasteiger partial charge >= 0.3 is 5.97 Å². The van der Waals surface area contributed by atoms with Crippen LogP contribution in [-0.2, 0) is 17.6 Å². The Labute approximate surface area is 132 Å². The number of carbonyl (C=O) groups excluding carboxylic acids is 1. The molecule has 3 rings (SSSR count). The van der Waals surface area contributed by atoms with Gasteiger partial charge in [0.05, 0.1) is 11.3 Å². The van der Waals surface area contributed by atoms with Crippen LogP contribution in [0.2, 0.25) is 0 Å². The Hall–Kier alpha value is -2.14. The molecule has 1 aliphatic rings. The van der Waals surface area contributed by atoms with Gasteiger partial charge in [-0.1, -0.05) is 24.3 Å². The molecule has 0 radical (unpaired) electrons. The highest BCUT2D eigenvalue weighted by atomic mass is 32.1. The maximum Gasteiger partial charge on any atom is 0.305 e. The fraction of sp³-hybridized carbons (Fsp3) is 0.294. The number of hydrogen-bond donors (Lipinski definition) is 2. The molecule has 1 aromatic carbocycles. The number of benzene rings is 1. The first-order valence-corrected chi connectivity index (χ1v) is 8.10. The number of aliphatic carboxylic acids is 1. The van der Waals surface area contributed by atoms with Gasteiger partial charge in [0, 0.05) is 10.9 Å². The second kappa shape index (κ2) is 5.93. The van der Waals surface area contributed by atoms with Crippen molar-refractivity contribution in [1.29, 1.82) is 0 Å². The highest BCUT2D eigenvalue weighted by molar-refractivity contribution is 7.17. The lowest BCUT2D eigenvalue weighted by atomic mass is 9.91. The van der Waals surface area contributed by atoms with Crippen LogP contribution in [-0.4, -0.2) is 23.0 Å². The van der Waals surface area contributed by atoms with E-state index in [0.29, 0.717) is 4.88 Å². The minimum absolute atomic E-state index is 0.0698. The van der Waals surface area contributed by atoms with E-state index in [1.54, 1.807) is 6.92 Å². The van der Waals surface area contributed by atoms with E-state index < -0.39 is 5.97 Å². The third-order valence-electron chi connectivity index (χ3n) is 3.82. The zero-order valence-electron chi connectivity index (χ0n) is 12.3. The number of rotatable bonds is 4. The lowest BCUT2D eigenvalue weighted by Crippen LogP contribution is -2.33. The molecular weight excluding hydrogens is 298 g/mol. The Kier molecular flexibility index (Phi) is 3.98. The topological polar surface area (TPSA) is 66.4 Å². The van der Waals surface area contributed by atoms with Crippen molar-refractivity contribution >= 4 is 23.2 Å². The van der Waals surface area contributed by atoms with Crippen LogP contribution < -0.4 is 5.32 Å². The van der Waals surface area contributed by atoms with Gasteiger partial charge in [0.25, 0.3) is 5.91 Å². The number of hydrogen-bond acceptors (Lipinski definition) is 3. The van der Waals surface area contributed by atoms with Gasteiger partial charge in [0.1, 0.15) is 0 Å². The Morgan fingerprint density at radius 1 is 1.27 bits per heavy atom. The van der Waals surface area contributed by atoms with Crippen molar-refractivity contribution in [3.8, 4) is 10.4 Å². The van der Waals surface area contributed by atoms with Gasteiger partial charge in [-0.05, 0) is 42.5 Å². The molecule has 0 fully saturated rings. The van der Waals surface area contributed by atoms with Gasteiger partial charge in [-0.3, -0.25) is 9.59 Å². The molecule has 1 amide bonds. The van der Waals surface area contributed by atoms with Crippen LogP contribution in [0.25, 0.3) is 10.4 Å². The molecule has 0 aliphatic heterocycles. The largest absolute Gasteiger partial charge is 0.481 e. The highest BCUT2D eigenvalue weighted by Crippen LogP contribution is 2.39. The van der Waals surface area contributed by atoms with Crippen LogP contribution in [0.3, 0.4) is 0 Å². The number of amides is 1. The minimum Gasteiger partial charge on any atom is -0.481 e. The fourth-order valence-corrected chi connectivity index (χ4v) is 3.97. The summed E-state index contributed by atoms with van der Waals surface area (Å²) in [6.07, 6.45) is 1.87. The van der Waals surface area contributed by atoms with E-state index in [9.17, 15) is 9.59 Å². The molecular formula is C17H17NO3S. The molecule has 0 bridgehead atoms. The molecule has 5 heteroatoms. The maximum absolute atomic E-state index is 12.3. The third-order valence-corrected chi connectivity index (χ3v) is 5.03. The Morgan fingerprint density at radius 3 is 2.77 bits per heavy atom. The summed E-state index contributed by atoms with van der Waals surface area (Å²) in [6, 6.07) is 9.85. The van der Waals surface area contributed by atoms with Crippen LogP contribution >= 0.6 is 11.3 Å². The number of thiophene rings is 1. The predicted octanol–water partition coefficient (Wildman–Crippen LogP) is 3.11. The smallest absolute Gasteiger partial charge is 0.305 e. The minimum atomic E-state index is -0.910. The van der Waals surface area contributed by atoms with E-state index in [4.69, 9.17) is 5.11 Å². The first-order valence-electron chi connectivity index (χ1n) is 7.28. The molecule has 1 aromatic heterocycles. The van der Waals surface area contributed by atoms with Crippen molar-refractivity contribution in [2.45, 2.75) is 32.2 Å². The Balaban J connectivity index is 1.82. The van der Waals surface area contributed by atoms with E-state index in [1.807, 2.05) is 18.2 Å². The summed E-state index contributed by atoms with van der Waals surface area (Å²) in [4.78, 5) is 24.8. The quantitative estimate of drug-likeness (QED) is 0.911. The van der Waals surface area contributed by atoms with Gasteiger partial charge < -0.3 is 10.4 Å². The standard InChI is InChI=1S/C17H17NO3S/c1-10(8-15(19)20)18-17(21)14-9-12-7-6-11-4-2-3-5-13(11)16(12)22-14/h2-5,9-10H,6-8H2,1H3,(H,18,21)(H,19,20). The Bertz CT molecular complexity index is 735. The van der Waals surface area contributed by atoms with Gasteiger partial charge in [-0.25, -0.2) is 0 Å². The zero-order chi connectivity index (χ0) is 15.7. The van der Waals surface area contributed by atoms with Crippen molar-refractivity contribution < 1.29 is 14.7 Å². The summed E-state index contributed by atoms with van der Waals surface area (Å²) >= 11 is 1.49. The number of carboxylic acids is 1. The summed E-state index contributed by atoms with van der Waals surface area (Å²) in [5.74, 6) is -1.10. The zero-order valence-corrected chi connectivity index (χ0v) is 13.1. The van der Waals surface area contributed by atoms with E-state index in [1.165, 1.54) is 28.0 Å². The fourth-order valence-electron chi connectivity index (χ4n) is 2.79. The predicted molar refractivity (Wildman–Crippen MR) is 86.3 cm³/mol. The van der Waals surface area contributed by atoms with Gasteiger partial charge in [0.15, 0.2) is 0 Å². The third kappa shape index (κ3) is 2.90. The molecule has 1 unspecified atom stereocenters. The molecule has 0 saturated heterocycles. The molecule has 22 heavy (non-hydrogen) atoms. The van der Waals surface area contributed by atoms with Crippen LogP contribution in [0.5, 0.6) is 0 Å². The van der Waals surface area contributed by atoms with E-state index in [-0.39, 0.29) is 18.4 Å². The lowest BCUT2D eigenvalue weighted by Gasteiger charge is -2.15. The van der Waals surface area contributed by atoms with Crippen molar-refractivity contribution in [3.63, 3.8) is 0 Å². The van der Waals surface area contributed by atoms with Gasteiger partial charge in [-0.2, -0.15) is 0 Å². The number of fused-ring (bicyclic) bond motifs is 3. The summed E-state index contributed by atoms with van der Waals surface area (Å²) in [6.45, 7) is 1.70. The molecule has 2 aromatic rings.